The van der Waals surface area contributed by atoms with Gasteiger partial charge in [-0.2, -0.15) is 16.8 Å². The molecule has 0 amide bonds. The van der Waals surface area contributed by atoms with Crippen molar-refractivity contribution in [2.75, 3.05) is 25.7 Å². The maximum absolute atomic E-state index is 11.1. The average molecular weight is 357 g/mol. The van der Waals surface area contributed by atoms with Crippen molar-refractivity contribution in [1.82, 2.24) is 0 Å². The summed E-state index contributed by atoms with van der Waals surface area (Å²) in [4.78, 5) is 0. The van der Waals surface area contributed by atoms with Crippen molar-refractivity contribution in [3.63, 3.8) is 0 Å². The van der Waals surface area contributed by atoms with Crippen molar-refractivity contribution >= 4 is 31.8 Å². The second kappa shape index (κ2) is 7.55. The topological polar surface area (TPSA) is 86.7 Å². The van der Waals surface area contributed by atoms with E-state index < -0.39 is 20.2 Å². The van der Waals surface area contributed by atoms with Gasteiger partial charge in [0.25, 0.3) is 20.2 Å². The zero-order valence-electron chi connectivity index (χ0n) is 11.7. The third kappa shape index (κ3) is 8.37. The van der Waals surface area contributed by atoms with Crippen molar-refractivity contribution in [3.8, 4) is 0 Å². The number of benzene rings is 1. The first-order chi connectivity index (χ1) is 9.57. The summed E-state index contributed by atoms with van der Waals surface area (Å²) in [5.41, 5.74) is 0.792. The highest BCUT2D eigenvalue weighted by atomic mass is 35.5. The first-order valence-electron chi connectivity index (χ1n) is 6.01. The normalized spacial score (nSPS) is 14.0. The molecule has 1 rings (SSSR count). The van der Waals surface area contributed by atoms with Crippen LogP contribution in [0.25, 0.3) is 0 Å². The molecule has 0 aliphatic rings. The van der Waals surface area contributed by atoms with Crippen LogP contribution in [0.15, 0.2) is 24.3 Å². The van der Waals surface area contributed by atoms with E-state index in [2.05, 4.69) is 4.18 Å². The first kappa shape index (κ1) is 18.4. The molecule has 6 nitrogen and oxygen atoms in total. The van der Waals surface area contributed by atoms with E-state index in [1.54, 1.807) is 24.3 Å². The highest BCUT2D eigenvalue weighted by Crippen LogP contribution is 2.23. The van der Waals surface area contributed by atoms with Crippen LogP contribution in [0.4, 0.5) is 0 Å². The lowest BCUT2D eigenvalue weighted by molar-refractivity contribution is 0.251. The number of hydrogen-bond acceptors (Lipinski definition) is 6. The Labute approximate surface area is 130 Å². The summed E-state index contributed by atoms with van der Waals surface area (Å²) in [5.74, 6) is -0.321. The molecule has 0 aromatic heterocycles. The first-order valence-corrected chi connectivity index (χ1v) is 10.0. The third-order valence-electron chi connectivity index (χ3n) is 2.59. The lowest BCUT2D eigenvalue weighted by Crippen LogP contribution is -2.15. The van der Waals surface area contributed by atoms with Crippen LogP contribution >= 0.6 is 11.6 Å². The van der Waals surface area contributed by atoms with E-state index in [9.17, 15) is 16.8 Å². The Balaban J connectivity index is 2.76. The van der Waals surface area contributed by atoms with Crippen molar-refractivity contribution in [3.05, 3.63) is 34.9 Å². The van der Waals surface area contributed by atoms with E-state index in [0.717, 1.165) is 18.1 Å². The summed E-state index contributed by atoms with van der Waals surface area (Å²) >= 11 is 5.80. The molecule has 0 saturated heterocycles. The van der Waals surface area contributed by atoms with Gasteiger partial charge in [0.15, 0.2) is 0 Å². The van der Waals surface area contributed by atoms with Crippen LogP contribution in [0.2, 0.25) is 5.02 Å². The van der Waals surface area contributed by atoms with Crippen molar-refractivity contribution in [1.29, 1.82) is 0 Å². The van der Waals surface area contributed by atoms with Crippen LogP contribution in [0, 0.1) is 0 Å². The lowest BCUT2D eigenvalue weighted by Gasteiger charge is -2.16. The fraction of sp³-hybridized carbons (Fsp3) is 0.500. The second-order valence-corrected chi connectivity index (χ2v) is 8.28. The molecule has 0 saturated carbocycles. The Kier molecular flexibility index (Phi) is 6.61. The maximum atomic E-state index is 11.1. The molecule has 9 heteroatoms. The molecule has 120 valence electrons. The predicted octanol–water partition coefficient (Wildman–Crippen LogP) is 1.77. The summed E-state index contributed by atoms with van der Waals surface area (Å²) in [6, 6.07) is 6.81. The third-order valence-corrected chi connectivity index (χ3v) is 4.00. The van der Waals surface area contributed by atoms with E-state index in [-0.39, 0.29) is 19.1 Å². The largest absolute Gasteiger partial charge is 0.270 e. The second-order valence-electron chi connectivity index (χ2n) is 4.55. The molecule has 0 bridgehead atoms. The Morgan fingerprint density at radius 2 is 1.52 bits per heavy atom. The van der Waals surface area contributed by atoms with Gasteiger partial charge >= 0.3 is 0 Å². The summed E-state index contributed by atoms with van der Waals surface area (Å²) < 4.78 is 53.5. The molecular formula is C12H17ClO6S2. The van der Waals surface area contributed by atoms with Crippen LogP contribution in [-0.2, 0) is 28.6 Å². The summed E-state index contributed by atoms with van der Waals surface area (Å²) in [6.45, 7) is -0.146. The molecule has 0 aliphatic carbocycles. The molecule has 0 aliphatic heterocycles. The molecule has 1 unspecified atom stereocenters. The van der Waals surface area contributed by atoms with Crippen LogP contribution in [0.5, 0.6) is 0 Å². The number of hydrogen-bond donors (Lipinski definition) is 0. The van der Waals surface area contributed by atoms with Gasteiger partial charge in [-0.1, -0.05) is 23.7 Å². The Morgan fingerprint density at radius 3 is 2.00 bits per heavy atom. The Morgan fingerprint density at radius 1 is 1.00 bits per heavy atom. The van der Waals surface area contributed by atoms with Gasteiger partial charge in [0.1, 0.15) is 0 Å². The molecular weight excluding hydrogens is 340 g/mol. The van der Waals surface area contributed by atoms with E-state index in [1.807, 2.05) is 0 Å². The minimum absolute atomic E-state index is 0.0563. The van der Waals surface area contributed by atoms with Crippen molar-refractivity contribution in [2.45, 2.75) is 12.3 Å². The summed E-state index contributed by atoms with van der Waals surface area (Å²) in [7, 11) is -7.11. The number of halogens is 1. The molecule has 0 fully saturated rings. The molecule has 0 spiro atoms. The maximum Gasteiger partial charge on any atom is 0.264 e. The molecule has 1 aromatic rings. The summed E-state index contributed by atoms with van der Waals surface area (Å²) in [6.07, 6.45) is 2.21. The van der Waals surface area contributed by atoms with Crippen LogP contribution in [0.1, 0.15) is 17.9 Å². The highest BCUT2D eigenvalue weighted by Gasteiger charge is 2.16. The average Bonchev–Trinajstić information content (AvgIpc) is 2.32. The van der Waals surface area contributed by atoms with Gasteiger partial charge < -0.3 is 0 Å². The molecule has 0 radical (unpaired) electrons. The van der Waals surface area contributed by atoms with Gasteiger partial charge in [-0.25, -0.2) is 0 Å². The van der Waals surface area contributed by atoms with Crippen molar-refractivity contribution < 1.29 is 25.2 Å². The molecule has 1 aromatic carbocycles. The predicted molar refractivity (Wildman–Crippen MR) is 80.4 cm³/mol. The van der Waals surface area contributed by atoms with Gasteiger partial charge in [-0.3, -0.25) is 8.37 Å². The van der Waals surface area contributed by atoms with Crippen LogP contribution in [-0.4, -0.2) is 42.6 Å². The van der Waals surface area contributed by atoms with Gasteiger partial charge in [0.2, 0.25) is 0 Å². The van der Waals surface area contributed by atoms with Gasteiger partial charge in [-0.15, -0.1) is 0 Å². The summed E-state index contributed by atoms with van der Waals surface area (Å²) in [5, 5.41) is 0.550. The quantitative estimate of drug-likeness (QED) is 0.660. The van der Waals surface area contributed by atoms with E-state index in [0.29, 0.717) is 11.4 Å². The zero-order valence-corrected chi connectivity index (χ0v) is 14.0. The smallest absolute Gasteiger partial charge is 0.264 e. The fourth-order valence-electron chi connectivity index (χ4n) is 1.63. The molecule has 1 atom stereocenters. The van der Waals surface area contributed by atoms with Crippen molar-refractivity contribution in [2.24, 2.45) is 0 Å². The zero-order chi connectivity index (χ0) is 16.1. The van der Waals surface area contributed by atoms with Crippen LogP contribution < -0.4 is 0 Å². The SMILES string of the molecule is CS(=O)(=O)OCCC(COS(C)(=O)=O)c1ccc(Cl)cc1. The van der Waals surface area contributed by atoms with Gasteiger partial charge in [0.05, 0.1) is 25.7 Å². The van der Waals surface area contributed by atoms with Gasteiger partial charge in [-0.05, 0) is 24.1 Å². The van der Waals surface area contributed by atoms with E-state index in [4.69, 9.17) is 15.8 Å². The molecule has 21 heavy (non-hydrogen) atoms. The molecule has 0 heterocycles. The Hall–Kier alpha value is -0.670. The van der Waals surface area contributed by atoms with Gasteiger partial charge in [0, 0.05) is 10.9 Å². The fourth-order valence-corrected chi connectivity index (χ4v) is 2.57. The van der Waals surface area contributed by atoms with E-state index in [1.165, 1.54) is 0 Å². The minimum atomic E-state index is -3.57. The standard InChI is InChI=1S/C12H17ClO6S2/c1-20(14,15)18-8-7-11(9-19-21(2,16)17)10-3-5-12(13)6-4-10/h3-6,11H,7-9H2,1-2H3. The lowest BCUT2D eigenvalue weighted by atomic mass is 9.97. The molecule has 0 N–H and O–H groups in total. The number of rotatable bonds is 8. The highest BCUT2D eigenvalue weighted by molar-refractivity contribution is 7.86. The monoisotopic (exact) mass is 356 g/mol. The Bertz CT molecular complexity index is 651. The van der Waals surface area contributed by atoms with Crippen LogP contribution in [0.3, 0.4) is 0 Å². The van der Waals surface area contributed by atoms with E-state index >= 15 is 0 Å². The minimum Gasteiger partial charge on any atom is -0.270 e.